The number of hydrogen-bond acceptors (Lipinski definition) is 5. The number of amides is 1. The standard InChI is InChI=1S/C18H14F3N5O/c19-18(20,21)14-6-1-2-7-15(14)26-16(27)12-9-23-17(24-10-12)25-11-13-5-3-4-8-22-13/h1-10H,11H2,(H,26,27)(H,23,24,25). The molecule has 9 heteroatoms. The second kappa shape index (κ2) is 7.81. The van der Waals surface area contributed by atoms with Gasteiger partial charge in [-0.3, -0.25) is 9.78 Å². The Bertz CT molecular complexity index is 914. The van der Waals surface area contributed by atoms with Crippen LogP contribution in [0.15, 0.2) is 61.1 Å². The molecule has 0 fully saturated rings. The number of anilines is 2. The molecule has 0 atom stereocenters. The van der Waals surface area contributed by atoms with Gasteiger partial charge in [0, 0.05) is 18.6 Å². The van der Waals surface area contributed by atoms with Gasteiger partial charge in [0.05, 0.1) is 29.1 Å². The molecule has 0 saturated heterocycles. The molecule has 0 bridgehead atoms. The van der Waals surface area contributed by atoms with E-state index in [1.807, 2.05) is 12.1 Å². The Hall–Kier alpha value is -3.49. The predicted octanol–water partition coefficient (Wildman–Crippen LogP) is 3.75. The molecule has 3 rings (SSSR count). The Morgan fingerprint density at radius 3 is 2.33 bits per heavy atom. The maximum atomic E-state index is 13.0. The molecule has 0 aliphatic heterocycles. The molecule has 0 aliphatic rings. The van der Waals surface area contributed by atoms with Gasteiger partial charge in [-0.05, 0) is 24.3 Å². The normalized spacial score (nSPS) is 11.1. The number of halogens is 3. The monoisotopic (exact) mass is 373 g/mol. The van der Waals surface area contributed by atoms with Gasteiger partial charge >= 0.3 is 6.18 Å². The molecule has 1 aromatic carbocycles. The molecular formula is C18H14F3N5O. The third-order valence-corrected chi connectivity index (χ3v) is 3.55. The van der Waals surface area contributed by atoms with Gasteiger partial charge < -0.3 is 10.6 Å². The average Bonchev–Trinajstić information content (AvgIpc) is 2.67. The third-order valence-electron chi connectivity index (χ3n) is 3.55. The predicted molar refractivity (Wildman–Crippen MR) is 93.0 cm³/mol. The Balaban J connectivity index is 1.66. The lowest BCUT2D eigenvalue weighted by molar-refractivity contribution is -0.136. The number of nitrogens with zero attached hydrogens (tertiary/aromatic N) is 3. The molecule has 0 aliphatic carbocycles. The Kier molecular flexibility index (Phi) is 5.30. The van der Waals surface area contributed by atoms with Gasteiger partial charge in [-0.2, -0.15) is 13.2 Å². The van der Waals surface area contributed by atoms with E-state index in [9.17, 15) is 18.0 Å². The van der Waals surface area contributed by atoms with Crippen molar-refractivity contribution in [2.24, 2.45) is 0 Å². The quantitative estimate of drug-likeness (QED) is 0.712. The van der Waals surface area contributed by atoms with Crippen LogP contribution in [0.25, 0.3) is 0 Å². The molecule has 0 unspecified atom stereocenters. The first kappa shape index (κ1) is 18.3. The summed E-state index contributed by atoms with van der Waals surface area (Å²) in [6, 6.07) is 10.2. The lowest BCUT2D eigenvalue weighted by Gasteiger charge is -2.13. The molecule has 2 heterocycles. The van der Waals surface area contributed by atoms with Crippen molar-refractivity contribution in [3.63, 3.8) is 0 Å². The van der Waals surface area contributed by atoms with Gasteiger partial charge in [-0.15, -0.1) is 0 Å². The van der Waals surface area contributed by atoms with Crippen molar-refractivity contribution in [3.8, 4) is 0 Å². The second-order valence-corrected chi connectivity index (χ2v) is 5.47. The minimum Gasteiger partial charge on any atom is -0.349 e. The van der Waals surface area contributed by atoms with E-state index in [0.717, 1.165) is 11.8 Å². The zero-order valence-corrected chi connectivity index (χ0v) is 13.9. The van der Waals surface area contributed by atoms with Crippen LogP contribution in [0.3, 0.4) is 0 Å². The summed E-state index contributed by atoms with van der Waals surface area (Å²) in [6.07, 6.45) is -0.442. The Labute approximate surface area is 152 Å². The van der Waals surface area contributed by atoms with E-state index >= 15 is 0 Å². The highest BCUT2D eigenvalue weighted by Gasteiger charge is 2.33. The van der Waals surface area contributed by atoms with E-state index in [1.165, 1.54) is 30.6 Å². The van der Waals surface area contributed by atoms with Crippen molar-refractivity contribution in [3.05, 3.63) is 77.9 Å². The maximum Gasteiger partial charge on any atom is 0.418 e. The summed E-state index contributed by atoms with van der Waals surface area (Å²) < 4.78 is 39.0. The molecule has 2 aromatic heterocycles. The molecule has 2 N–H and O–H groups in total. The minimum absolute atomic E-state index is 0.0374. The Morgan fingerprint density at radius 2 is 1.67 bits per heavy atom. The lowest BCUT2D eigenvalue weighted by Crippen LogP contribution is -2.17. The molecule has 0 spiro atoms. The summed E-state index contributed by atoms with van der Waals surface area (Å²) in [5, 5.41) is 5.18. The first-order chi connectivity index (χ1) is 12.9. The first-order valence-electron chi connectivity index (χ1n) is 7.87. The highest BCUT2D eigenvalue weighted by atomic mass is 19.4. The molecule has 1 amide bonds. The van der Waals surface area contributed by atoms with Gasteiger partial charge in [0.1, 0.15) is 0 Å². The van der Waals surface area contributed by atoms with Gasteiger partial charge in [0.15, 0.2) is 0 Å². The van der Waals surface area contributed by atoms with Gasteiger partial charge in [0.2, 0.25) is 5.95 Å². The number of pyridine rings is 1. The smallest absolute Gasteiger partial charge is 0.349 e. The number of carbonyl (C=O) groups excluding carboxylic acids is 1. The van der Waals surface area contributed by atoms with Gasteiger partial charge in [-0.25, -0.2) is 9.97 Å². The largest absolute Gasteiger partial charge is 0.418 e. The summed E-state index contributed by atoms with van der Waals surface area (Å²) in [4.78, 5) is 24.3. The highest BCUT2D eigenvalue weighted by molar-refractivity contribution is 6.04. The highest BCUT2D eigenvalue weighted by Crippen LogP contribution is 2.34. The molecule has 0 saturated carbocycles. The SMILES string of the molecule is O=C(Nc1ccccc1C(F)(F)F)c1cnc(NCc2ccccn2)nc1. The van der Waals surface area contributed by atoms with Gasteiger partial charge in [-0.1, -0.05) is 18.2 Å². The summed E-state index contributed by atoms with van der Waals surface area (Å²) in [7, 11) is 0. The number of carbonyl (C=O) groups is 1. The van der Waals surface area contributed by atoms with Gasteiger partial charge in [0.25, 0.3) is 5.91 Å². The number of nitrogens with one attached hydrogen (secondary N) is 2. The van der Waals surface area contributed by atoms with Crippen molar-refractivity contribution >= 4 is 17.5 Å². The molecule has 6 nitrogen and oxygen atoms in total. The molecule has 138 valence electrons. The fourth-order valence-electron chi connectivity index (χ4n) is 2.24. The van der Waals surface area contributed by atoms with Crippen LogP contribution < -0.4 is 10.6 Å². The first-order valence-corrected chi connectivity index (χ1v) is 7.87. The van der Waals surface area contributed by atoms with Crippen LogP contribution in [0, 0.1) is 0 Å². The van der Waals surface area contributed by atoms with Crippen LogP contribution >= 0.6 is 0 Å². The summed E-state index contributed by atoms with van der Waals surface area (Å²) in [5.74, 6) is -0.462. The van der Waals surface area contributed by atoms with Crippen molar-refractivity contribution in [2.45, 2.75) is 12.7 Å². The van der Waals surface area contributed by atoms with Crippen LogP contribution in [0.1, 0.15) is 21.6 Å². The van der Waals surface area contributed by atoms with Crippen LogP contribution in [-0.2, 0) is 12.7 Å². The van der Waals surface area contributed by atoms with E-state index in [-0.39, 0.29) is 17.2 Å². The third kappa shape index (κ3) is 4.78. The van der Waals surface area contributed by atoms with Crippen LogP contribution in [0.2, 0.25) is 0 Å². The number of hydrogen-bond donors (Lipinski definition) is 2. The average molecular weight is 373 g/mol. The van der Waals surface area contributed by atoms with Crippen molar-refractivity contribution < 1.29 is 18.0 Å². The zero-order chi connectivity index (χ0) is 19.3. The lowest BCUT2D eigenvalue weighted by atomic mass is 10.1. The molecular weight excluding hydrogens is 359 g/mol. The van der Waals surface area contributed by atoms with E-state index < -0.39 is 17.6 Å². The number of alkyl halides is 3. The van der Waals surface area contributed by atoms with E-state index in [4.69, 9.17) is 0 Å². The molecule has 27 heavy (non-hydrogen) atoms. The number of benzene rings is 1. The van der Waals surface area contributed by atoms with Crippen LogP contribution in [-0.4, -0.2) is 20.9 Å². The van der Waals surface area contributed by atoms with Crippen molar-refractivity contribution in [1.29, 1.82) is 0 Å². The molecule has 3 aromatic rings. The van der Waals surface area contributed by atoms with Crippen LogP contribution in [0.5, 0.6) is 0 Å². The fraction of sp³-hybridized carbons (Fsp3) is 0.111. The zero-order valence-electron chi connectivity index (χ0n) is 13.9. The summed E-state index contributed by atoms with van der Waals surface area (Å²) in [6.45, 7) is 0.394. The Morgan fingerprint density at radius 1 is 0.963 bits per heavy atom. The number of rotatable bonds is 5. The van der Waals surface area contributed by atoms with E-state index in [1.54, 1.807) is 12.3 Å². The number of para-hydroxylation sites is 1. The van der Waals surface area contributed by atoms with Crippen molar-refractivity contribution in [1.82, 2.24) is 15.0 Å². The fourth-order valence-corrected chi connectivity index (χ4v) is 2.24. The summed E-state index contributed by atoms with van der Waals surface area (Å²) >= 11 is 0. The van der Waals surface area contributed by atoms with Crippen LogP contribution in [0.4, 0.5) is 24.8 Å². The van der Waals surface area contributed by atoms with Crippen molar-refractivity contribution in [2.75, 3.05) is 10.6 Å². The van der Waals surface area contributed by atoms with E-state index in [2.05, 4.69) is 25.6 Å². The minimum atomic E-state index is -4.57. The molecule has 0 radical (unpaired) electrons. The topological polar surface area (TPSA) is 79.8 Å². The number of aromatic nitrogens is 3. The maximum absolute atomic E-state index is 13.0. The second-order valence-electron chi connectivity index (χ2n) is 5.47. The van der Waals surface area contributed by atoms with E-state index in [0.29, 0.717) is 6.54 Å². The summed E-state index contributed by atoms with van der Waals surface area (Å²) in [5.41, 5.74) is -0.428.